The van der Waals surface area contributed by atoms with E-state index in [2.05, 4.69) is 67.2 Å². The molecule has 7 heteroatoms. The minimum absolute atomic E-state index is 0.0185. The van der Waals surface area contributed by atoms with Crippen molar-refractivity contribution in [3.8, 4) is 10.4 Å². The van der Waals surface area contributed by atoms with E-state index in [4.69, 9.17) is 0 Å². The highest BCUT2D eigenvalue weighted by Crippen LogP contribution is 2.29. The number of thiazole rings is 1. The summed E-state index contributed by atoms with van der Waals surface area (Å²) in [5.74, 6) is 0.0185. The van der Waals surface area contributed by atoms with Crippen molar-refractivity contribution < 1.29 is 9.90 Å². The highest BCUT2D eigenvalue weighted by Gasteiger charge is 2.42. The van der Waals surface area contributed by atoms with Crippen molar-refractivity contribution in [2.45, 2.75) is 78.7 Å². The molecule has 6 nitrogen and oxygen atoms in total. The van der Waals surface area contributed by atoms with Crippen LogP contribution < -0.4 is 10.6 Å². The first-order valence-electron chi connectivity index (χ1n) is 11.6. The van der Waals surface area contributed by atoms with Crippen LogP contribution in [-0.4, -0.2) is 51.7 Å². The Morgan fingerprint density at radius 2 is 1.97 bits per heavy atom. The molecule has 2 heterocycles. The SMILES string of the molecule is C=C(NCc1ccc(-c2scnc2C)cc1)[C@@H]1C[C@@H](O)CN1C(=O)[C@H](NC(C)C)C(C)(C)C. The van der Waals surface area contributed by atoms with E-state index in [9.17, 15) is 9.90 Å². The summed E-state index contributed by atoms with van der Waals surface area (Å²) in [7, 11) is 0. The summed E-state index contributed by atoms with van der Waals surface area (Å²) in [6.07, 6.45) is -0.0428. The van der Waals surface area contributed by atoms with Gasteiger partial charge in [0.25, 0.3) is 0 Å². The van der Waals surface area contributed by atoms with Gasteiger partial charge in [-0.3, -0.25) is 4.79 Å². The molecule has 33 heavy (non-hydrogen) atoms. The second-order valence-corrected chi connectivity index (χ2v) is 11.2. The standard InChI is InChI=1S/C26H38N4O2S/c1-16(2)29-24(26(5,6)7)25(32)30-14-21(31)12-22(30)17(3)27-13-19-8-10-20(11-9-19)23-18(4)28-15-33-23/h8-11,15-16,21-22,24,27,29,31H,3,12-14H2,1-2,4-7H3/t21-,22+,24+/m1/s1. The number of nitrogens with one attached hydrogen (secondary N) is 2. The number of benzene rings is 1. The van der Waals surface area contributed by atoms with Gasteiger partial charge in [0.1, 0.15) is 0 Å². The molecule has 0 unspecified atom stereocenters. The number of aliphatic hydroxyl groups excluding tert-OH is 1. The molecule has 1 aromatic carbocycles. The van der Waals surface area contributed by atoms with Crippen LogP contribution in [0, 0.1) is 12.3 Å². The quantitative estimate of drug-likeness (QED) is 0.542. The molecule has 0 radical (unpaired) electrons. The lowest BCUT2D eigenvalue weighted by atomic mass is 9.85. The number of carbonyl (C=O) groups is 1. The van der Waals surface area contributed by atoms with Crippen molar-refractivity contribution in [3.63, 3.8) is 0 Å². The molecule has 0 spiro atoms. The predicted octanol–water partition coefficient (Wildman–Crippen LogP) is 4.10. The number of β-amino-alcohol motifs (C(OH)–C–C–N with tert-alkyl or cyclic N) is 1. The van der Waals surface area contributed by atoms with Crippen molar-refractivity contribution in [1.29, 1.82) is 0 Å². The van der Waals surface area contributed by atoms with E-state index < -0.39 is 6.10 Å². The Morgan fingerprint density at radius 1 is 1.30 bits per heavy atom. The lowest BCUT2D eigenvalue weighted by molar-refractivity contribution is -0.137. The van der Waals surface area contributed by atoms with Gasteiger partial charge in [-0.15, -0.1) is 11.3 Å². The average Bonchev–Trinajstić information content (AvgIpc) is 3.35. The van der Waals surface area contributed by atoms with Gasteiger partial charge in [0.15, 0.2) is 0 Å². The van der Waals surface area contributed by atoms with E-state index in [-0.39, 0.29) is 29.4 Å². The third-order valence-corrected chi connectivity index (χ3v) is 7.04. The van der Waals surface area contributed by atoms with Crippen molar-refractivity contribution in [2.75, 3.05) is 6.54 Å². The summed E-state index contributed by atoms with van der Waals surface area (Å²) in [4.78, 5) is 20.8. The van der Waals surface area contributed by atoms with Gasteiger partial charge < -0.3 is 20.6 Å². The first-order chi connectivity index (χ1) is 15.5. The van der Waals surface area contributed by atoms with Gasteiger partial charge in [-0.25, -0.2) is 4.98 Å². The number of hydrogen-bond acceptors (Lipinski definition) is 6. The minimum atomic E-state index is -0.543. The maximum atomic E-state index is 13.5. The van der Waals surface area contributed by atoms with Crippen LogP contribution in [-0.2, 0) is 11.3 Å². The molecule has 2 aromatic rings. The fourth-order valence-corrected chi connectivity index (χ4v) is 5.08. The Balaban J connectivity index is 1.66. The van der Waals surface area contributed by atoms with Crippen LogP contribution in [0.1, 0.15) is 52.3 Å². The van der Waals surface area contributed by atoms with Gasteiger partial charge in [0, 0.05) is 31.2 Å². The summed E-state index contributed by atoms with van der Waals surface area (Å²) < 4.78 is 0. The van der Waals surface area contributed by atoms with E-state index >= 15 is 0 Å². The van der Waals surface area contributed by atoms with E-state index in [1.165, 1.54) is 10.4 Å². The number of aromatic nitrogens is 1. The van der Waals surface area contributed by atoms with Crippen molar-refractivity contribution >= 4 is 17.2 Å². The topological polar surface area (TPSA) is 77.5 Å². The van der Waals surface area contributed by atoms with Crippen LogP contribution in [0.4, 0.5) is 0 Å². The minimum Gasteiger partial charge on any atom is -0.391 e. The maximum absolute atomic E-state index is 13.5. The molecule has 1 saturated heterocycles. The van der Waals surface area contributed by atoms with Crippen LogP contribution in [0.5, 0.6) is 0 Å². The van der Waals surface area contributed by atoms with Gasteiger partial charge >= 0.3 is 0 Å². The molecule has 1 amide bonds. The summed E-state index contributed by atoms with van der Waals surface area (Å²) in [5, 5.41) is 17.2. The number of rotatable bonds is 8. The smallest absolute Gasteiger partial charge is 0.240 e. The Labute approximate surface area is 202 Å². The Bertz CT molecular complexity index is 961. The Kier molecular flexibility index (Phi) is 7.98. The Hall–Kier alpha value is -2.22. The lowest BCUT2D eigenvalue weighted by Crippen LogP contribution is -2.56. The van der Waals surface area contributed by atoms with Crippen LogP contribution in [0.25, 0.3) is 10.4 Å². The zero-order valence-corrected chi connectivity index (χ0v) is 21.5. The van der Waals surface area contributed by atoms with E-state index in [1.807, 2.05) is 26.3 Å². The molecule has 0 aliphatic carbocycles. The van der Waals surface area contributed by atoms with Gasteiger partial charge in [0.05, 0.1) is 34.3 Å². The molecule has 3 rings (SSSR count). The molecular weight excluding hydrogens is 432 g/mol. The molecule has 1 aromatic heterocycles. The molecule has 0 bridgehead atoms. The molecule has 3 atom stereocenters. The number of aliphatic hydroxyl groups is 1. The lowest BCUT2D eigenvalue weighted by Gasteiger charge is -2.37. The Morgan fingerprint density at radius 3 is 2.52 bits per heavy atom. The third kappa shape index (κ3) is 6.22. The summed E-state index contributed by atoms with van der Waals surface area (Å²) in [6, 6.07) is 8.04. The molecule has 1 aliphatic rings. The number of likely N-dealkylation sites (tertiary alicyclic amines) is 1. The highest BCUT2D eigenvalue weighted by molar-refractivity contribution is 7.13. The highest BCUT2D eigenvalue weighted by atomic mass is 32.1. The second kappa shape index (κ2) is 10.4. The van der Waals surface area contributed by atoms with Crippen LogP contribution in [0.3, 0.4) is 0 Å². The maximum Gasteiger partial charge on any atom is 0.240 e. The average molecular weight is 471 g/mol. The largest absolute Gasteiger partial charge is 0.391 e. The van der Waals surface area contributed by atoms with Crippen molar-refractivity contribution in [3.05, 3.63) is 53.3 Å². The number of hydrogen-bond donors (Lipinski definition) is 3. The summed E-state index contributed by atoms with van der Waals surface area (Å²) in [6.45, 7) is 17.5. The predicted molar refractivity (Wildman–Crippen MR) is 136 cm³/mol. The number of nitrogens with zero attached hydrogens (tertiary/aromatic N) is 2. The second-order valence-electron chi connectivity index (χ2n) is 10.4. The van der Waals surface area contributed by atoms with Crippen molar-refractivity contribution in [2.24, 2.45) is 5.41 Å². The van der Waals surface area contributed by atoms with E-state index in [1.54, 1.807) is 16.2 Å². The van der Waals surface area contributed by atoms with E-state index in [0.29, 0.717) is 19.5 Å². The summed E-state index contributed by atoms with van der Waals surface area (Å²) >= 11 is 1.65. The first-order valence-corrected chi connectivity index (χ1v) is 12.5. The molecule has 0 saturated carbocycles. The number of carbonyl (C=O) groups excluding carboxylic acids is 1. The third-order valence-electron chi connectivity index (χ3n) is 6.06. The monoisotopic (exact) mass is 470 g/mol. The van der Waals surface area contributed by atoms with Crippen molar-refractivity contribution in [1.82, 2.24) is 20.5 Å². The first kappa shape index (κ1) is 25.4. The fourth-order valence-electron chi connectivity index (χ4n) is 4.26. The molecule has 1 aliphatic heterocycles. The molecule has 1 fully saturated rings. The molecule has 3 N–H and O–H groups in total. The van der Waals surface area contributed by atoms with Gasteiger partial charge in [-0.1, -0.05) is 65.5 Å². The molecular formula is C26H38N4O2S. The van der Waals surface area contributed by atoms with Crippen LogP contribution >= 0.6 is 11.3 Å². The van der Waals surface area contributed by atoms with E-state index in [0.717, 1.165) is 17.0 Å². The number of aryl methyl sites for hydroxylation is 1. The molecule has 180 valence electrons. The van der Waals surface area contributed by atoms with Crippen LogP contribution in [0.2, 0.25) is 0 Å². The zero-order valence-electron chi connectivity index (χ0n) is 20.7. The fraction of sp³-hybridized carbons (Fsp3) is 0.538. The van der Waals surface area contributed by atoms with Gasteiger partial charge in [-0.05, 0) is 23.5 Å². The normalized spacial score (nSPS) is 19.7. The van der Waals surface area contributed by atoms with Crippen LogP contribution in [0.15, 0.2) is 42.1 Å². The number of amides is 1. The zero-order chi connectivity index (χ0) is 24.3. The van der Waals surface area contributed by atoms with Gasteiger partial charge in [-0.2, -0.15) is 0 Å². The van der Waals surface area contributed by atoms with Gasteiger partial charge in [0.2, 0.25) is 5.91 Å². The summed E-state index contributed by atoms with van der Waals surface area (Å²) in [5.41, 5.74) is 5.73.